The van der Waals surface area contributed by atoms with Crippen molar-refractivity contribution in [2.75, 3.05) is 13.2 Å². The standard InChI is InChI=1S/C19H17ClF3N3O5/c1-4-6-24-15(27)10-7-9(8-11(13(10)20)17(29)31-5-2)12-14(19(21,22)23)26(3)18(30)25-16(12)28/h4,7-8H,1,5-6H2,2-3H3,(H,24,27)(H,25,28,30). The monoisotopic (exact) mass is 459 g/mol. The fourth-order valence-corrected chi connectivity index (χ4v) is 3.04. The molecule has 166 valence electrons. The van der Waals surface area contributed by atoms with Crippen molar-refractivity contribution in [3.63, 3.8) is 0 Å². The second kappa shape index (κ2) is 9.21. The van der Waals surface area contributed by atoms with Gasteiger partial charge in [-0.1, -0.05) is 17.7 Å². The van der Waals surface area contributed by atoms with Crippen molar-refractivity contribution in [3.05, 3.63) is 67.5 Å². The number of hydrogen-bond donors (Lipinski definition) is 2. The van der Waals surface area contributed by atoms with Crippen LogP contribution in [0.3, 0.4) is 0 Å². The molecular weight excluding hydrogens is 443 g/mol. The van der Waals surface area contributed by atoms with Crippen LogP contribution in [0.2, 0.25) is 5.02 Å². The topological polar surface area (TPSA) is 110 Å². The van der Waals surface area contributed by atoms with Gasteiger partial charge in [0, 0.05) is 13.6 Å². The number of rotatable bonds is 6. The Morgan fingerprint density at radius 2 is 1.90 bits per heavy atom. The van der Waals surface area contributed by atoms with Crippen LogP contribution < -0.4 is 16.6 Å². The van der Waals surface area contributed by atoms with E-state index in [4.69, 9.17) is 16.3 Å². The van der Waals surface area contributed by atoms with Crippen molar-refractivity contribution in [1.82, 2.24) is 14.9 Å². The Morgan fingerprint density at radius 3 is 2.45 bits per heavy atom. The molecule has 0 aliphatic heterocycles. The maximum absolute atomic E-state index is 13.7. The molecule has 0 aliphatic carbocycles. The van der Waals surface area contributed by atoms with Gasteiger partial charge in [-0.2, -0.15) is 13.2 Å². The number of alkyl halides is 3. The summed E-state index contributed by atoms with van der Waals surface area (Å²) in [7, 11) is 0.824. The van der Waals surface area contributed by atoms with E-state index in [-0.39, 0.29) is 28.3 Å². The van der Waals surface area contributed by atoms with Crippen molar-refractivity contribution in [2.24, 2.45) is 7.05 Å². The van der Waals surface area contributed by atoms with Crippen LogP contribution in [-0.2, 0) is 18.0 Å². The first-order valence-corrected chi connectivity index (χ1v) is 9.12. The number of carbonyl (C=O) groups excluding carboxylic acids is 2. The van der Waals surface area contributed by atoms with E-state index < -0.39 is 51.7 Å². The fraction of sp³-hybridized carbons (Fsp3) is 0.263. The largest absolute Gasteiger partial charge is 0.462 e. The van der Waals surface area contributed by atoms with Crippen molar-refractivity contribution in [3.8, 4) is 11.1 Å². The van der Waals surface area contributed by atoms with Gasteiger partial charge in [0.05, 0.1) is 28.3 Å². The summed E-state index contributed by atoms with van der Waals surface area (Å²) in [6, 6.07) is 1.82. The van der Waals surface area contributed by atoms with Crippen molar-refractivity contribution in [2.45, 2.75) is 13.1 Å². The van der Waals surface area contributed by atoms with Gasteiger partial charge in [0.15, 0.2) is 0 Å². The van der Waals surface area contributed by atoms with Gasteiger partial charge in [0.25, 0.3) is 11.5 Å². The van der Waals surface area contributed by atoms with Crippen LogP contribution in [0.5, 0.6) is 0 Å². The van der Waals surface area contributed by atoms with Crippen LogP contribution in [0.1, 0.15) is 33.3 Å². The molecule has 0 unspecified atom stereocenters. The highest BCUT2D eigenvalue weighted by atomic mass is 35.5. The predicted octanol–water partition coefficient (Wildman–Crippen LogP) is 2.51. The van der Waals surface area contributed by atoms with Crippen molar-refractivity contribution < 1.29 is 27.5 Å². The third-order valence-electron chi connectivity index (χ3n) is 4.10. The van der Waals surface area contributed by atoms with E-state index in [0.717, 1.165) is 19.2 Å². The van der Waals surface area contributed by atoms with Gasteiger partial charge in [-0.3, -0.25) is 19.1 Å². The van der Waals surface area contributed by atoms with Gasteiger partial charge in [0.1, 0.15) is 5.69 Å². The first kappa shape index (κ1) is 23.9. The number of benzene rings is 1. The summed E-state index contributed by atoms with van der Waals surface area (Å²) in [6.45, 7) is 4.84. The highest BCUT2D eigenvalue weighted by Gasteiger charge is 2.39. The molecule has 0 bridgehead atoms. The number of nitrogens with zero attached hydrogens (tertiary/aromatic N) is 1. The molecule has 1 amide bonds. The minimum absolute atomic E-state index is 0.00233. The van der Waals surface area contributed by atoms with Gasteiger partial charge < -0.3 is 10.1 Å². The number of amides is 1. The number of carbonyl (C=O) groups is 2. The average Bonchev–Trinajstić information content (AvgIpc) is 2.68. The first-order chi connectivity index (χ1) is 14.4. The minimum atomic E-state index is -5.10. The molecule has 2 aromatic rings. The Bertz CT molecular complexity index is 1170. The summed E-state index contributed by atoms with van der Waals surface area (Å²) < 4.78 is 46.2. The van der Waals surface area contributed by atoms with Crippen LogP contribution in [0.4, 0.5) is 13.2 Å². The Kier molecular flexibility index (Phi) is 7.11. The summed E-state index contributed by atoms with van der Waals surface area (Å²) in [5, 5.41) is 2.01. The van der Waals surface area contributed by atoms with E-state index in [9.17, 15) is 32.3 Å². The van der Waals surface area contributed by atoms with Crippen LogP contribution >= 0.6 is 11.6 Å². The molecule has 0 atom stereocenters. The Morgan fingerprint density at radius 1 is 1.29 bits per heavy atom. The molecular formula is C19H17ClF3N3O5. The minimum Gasteiger partial charge on any atom is -0.462 e. The van der Waals surface area contributed by atoms with Gasteiger partial charge in [-0.05, 0) is 24.6 Å². The van der Waals surface area contributed by atoms with E-state index in [1.54, 1.807) is 4.98 Å². The molecule has 0 fully saturated rings. The number of nitrogens with one attached hydrogen (secondary N) is 2. The van der Waals surface area contributed by atoms with E-state index in [2.05, 4.69) is 11.9 Å². The van der Waals surface area contributed by atoms with E-state index in [1.807, 2.05) is 0 Å². The van der Waals surface area contributed by atoms with Gasteiger partial charge in [-0.25, -0.2) is 9.59 Å². The van der Waals surface area contributed by atoms with Gasteiger partial charge in [0.2, 0.25) is 0 Å². The maximum atomic E-state index is 13.7. The molecule has 12 heteroatoms. The number of ether oxygens (including phenoxy) is 1. The Balaban J connectivity index is 2.94. The second-order valence-corrected chi connectivity index (χ2v) is 6.52. The third kappa shape index (κ3) is 4.88. The number of H-pyrrole nitrogens is 1. The molecule has 2 N–H and O–H groups in total. The molecule has 1 aromatic heterocycles. The first-order valence-electron chi connectivity index (χ1n) is 8.74. The summed E-state index contributed by atoms with van der Waals surface area (Å²) in [5.74, 6) is -1.84. The summed E-state index contributed by atoms with van der Waals surface area (Å²) in [5.41, 5.74) is -6.42. The molecule has 0 spiro atoms. The summed E-state index contributed by atoms with van der Waals surface area (Å²) in [6.07, 6.45) is -3.76. The van der Waals surface area contributed by atoms with Gasteiger partial charge in [-0.15, -0.1) is 6.58 Å². The second-order valence-electron chi connectivity index (χ2n) is 6.14. The van der Waals surface area contributed by atoms with Crippen LogP contribution in [0.15, 0.2) is 34.4 Å². The lowest BCUT2D eigenvalue weighted by molar-refractivity contribution is -0.143. The highest BCUT2D eigenvalue weighted by molar-refractivity contribution is 6.37. The molecule has 8 nitrogen and oxygen atoms in total. The lowest BCUT2D eigenvalue weighted by Gasteiger charge is -2.17. The highest BCUT2D eigenvalue weighted by Crippen LogP contribution is 2.36. The third-order valence-corrected chi connectivity index (χ3v) is 4.51. The maximum Gasteiger partial charge on any atom is 0.432 e. The number of hydrogen-bond acceptors (Lipinski definition) is 5. The van der Waals surface area contributed by atoms with Crippen LogP contribution in [-0.4, -0.2) is 34.6 Å². The van der Waals surface area contributed by atoms with E-state index >= 15 is 0 Å². The molecule has 1 heterocycles. The lowest BCUT2D eigenvalue weighted by atomic mass is 9.98. The lowest BCUT2D eigenvalue weighted by Crippen LogP contribution is -2.35. The molecule has 0 saturated carbocycles. The zero-order valence-corrected chi connectivity index (χ0v) is 17.1. The van der Waals surface area contributed by atoms with Crippen LogP contribution in [0.25, 0.3) is 11.1 Å². The summed E-state index contributed by atoms with van der Waals surface area (Å²) in [4.78, 5) is 50.7. The zero-order chi connectivity index (χ0) is 23.5. The number of aromatic nitrogens is 2. The smallest absolute Gasteiger partial charge is 0.432 e. The molecule has 0 aliphatic rings. The van der Waals surface area contributed by atoms with Crippen molar-refractivity contribution >= 4 is 23.5 Å². The molecule has 31 heavy (non-hydrogen) atoms. The molecule has 0 radical (unpaired) electrons. The fourth-order valence-electron chi connectivity index (χ4n) is 2.77. The van der Waals surface area contributed by atoms with E-state index in [1.165, 1.54) is 13.0 Å². The number of halogens is 4. The van der Waals surface area contributed by atoms with Gasteiger partial charge >= 0.3 is 17.8 Å². The zero-order valence-electron chi connectivity index (χ0n) is 16.4. The Hall–Kier alpha value is -3.34. The number of esters is 1. The normalized spacial score (nSPS) is 11.2. The SMILES string of the molecule is C=CCNC(=O)c1cc(-c2c(C(F)(F)F)n(C)c(=O)[nH]c2=O)cc(C(=O)OCC)c1Cl. The molecule has 0 saturated heterocycles. The molecule has 1 aromatic carbocycles. The van der Waals surface area contributed by atoms with Crippen LogP contribution in [0, 0.1) is 0 Å². The molecule has 2 rings (SSSR count). The number of aromatic amines is 1. The Labute approximate surface area is 178 Å². The predicted molar refractivity (Wildman–Crippen MR) is 106 cm³/mol. The quantitative estimate of drug-likeness (QED) is 0.509. The average molecular weight is 460 g/mol. The summed E-state index contributed by atoms with van der Waals surface area (Å²) >= 11 is 6.15. The van der Waals surface area contributed by atoms with Crippen molar-refractivity contribution in [1.29, 1.82) is 0 Å². The van der Waals surface area contributed by atoms with E-state index in [0.29, 0.717) is 0 Å².